The van der Waals surface area contributed by atoms with Crippen LogP contribution < -0.4 is 11.5 Å². The summed E-state index contributed by atoms with van der Waals surface area (Å²) >= 11 is 0. The van der Waals surface area contributed by atoms with Gasteiger partial charge in [0.25, 0.3) is 0 Å². The highest BCUT2D eigenvalue weighted by molar-refractivity contribution is 5.61. The van der Waals surface area contributed by atoms with Crippen molar-refractivity contribution in [3.8, 4) is 11.6 Å². The van der Waals surface area contributed by atoms with E-state index in [0.29, 0.717) is 23.7 Å². The van der Waals surface area contributed by atoms with Crippen LogP contribution in [0.3, 0.4) is 0 Å². The van der Waals surface area contributed by atoms with Gasteiger partial charge in [-0.3, -0.25) is 0 Å². The van der Waals surface area contributed by atoms with E-state index in [-0.39, 0.29) is 5.95 Å². The van der Waals surface area contributed by atoms with Gasteiger partial charge in [0, 0.05) is 17.7 Å². The number of nitrogen functional groups attached to an aromatic ring is 2. The minimum Gasteiger partial charge on any atom is -0.458 e. The molecule has 3 heterocycles. The third kappa shape index (κ3) is 2.67. The van der Waals surface area contributed by atoms with Crippen molar-refractivity contribution in [3.05, 3.63) is 58.5 Å². The SMILES string of the molecule is Cc1ccc(-c2nc(N)nc3c(Cc4cc(N)ccc4C)c(C)nn23)o1. The highest BCUT2D eigenvalue weighted by atomic mass is 16.3. The van der Waals surface area contributed by atoms with Crippen LogP contribution in [0.4, 0.5) is 11.6 Å². The van der Waals surface area contributed by atoms with E-state index in [1.54, 1.807) is 4.52 Å². The van der Waals surface area contributed by atoms with Crippen molar-refractivity contribution in [1.82, 2.24) is 19.6 Å². The Morgan fingerprint density at radius 3 is 2.58 bits per heavy atom. The molecule has 3 aromatic heterocycles. The zero-order chi connectivity index (χ0) is 18.4. The van der Waals surface area contributed by atoms with Gasteiger partial charge in [0.2, 0.25) is 11.8 Å². The lowest BCUT2D eigenvalue weighted by molar-refractivity contribution is 0.541. The van der Waals surface area contributed by atoms with E-state index in [4.69, 9.17) is 15.9 Å². The highest BCUT2D eigenvalue weighted by Crippen LogP contribution is 2.26. The van der Waals surface area contributed by atoms with Crippen LogP contribution in [-0.4, -0.2) is 19.6 Å². The summed E-state index contributed by atoms with van der Waals surface area (Å²) in [6.45, 7) is 5.91. The summed E-state index contributed by atoms with van der Waals surface area (Å²) < 4.78 is 7.41. The number of hydrogen-bond acceptors (Lipinski definition) is 6. The number of aryl methyl sites for hydroxylation is 3. The van der Waals surface area contributed by atoms with E-state index in [1.165, 1.54) is 5.56 Å². The first-order chi connectivity index (χ1) is 12.4. The molecule has 0 amide bonds. The minimum atomic E-state index is 0.187. The smallest absolute Gasteiger partial charge is 0.224 e. The maximum absolute atomic E-state index is 5.97. The lowest BCUT2D eigenvalue weighted by Crippen LogP contribution is -2.05. The number of fused-ring (bicyclic) bond motifs is 1. The molecule has 26 heavy (non-hydrogen) atoms. The van der Waals surface area contributed by atoms with Gasteiger partial charge in [0.05, 0.1) is 5.69 Å². The number of aromatic nitrogens is 4. The second-order valence-corrected chi connectivity index (χ2v) is 6.48. The van der Waals surface area contributed by atoms with Crippen molar-refractivity contribution in [2.45, 2.75) is 27.2 Å². The monoisotopic (exact) mass is 348 g/mol. The van der Waals surface area contributed by atoms with Crippen LogP contribution in [0.2, 0.25) is 0 Å². The largest absolute Gasteiger partial charge is 0.458 e. The van der Waals surface area contributed by atoms with E-state index in [2.05, 4.69) is 22.0 Å². The van der Waals surface area contributed by atoms with Gasteiger partial charge in [-0.1, -0.05) is 6.07 Å². The second-order valence-electron chi connectivity index (χ2n) is 6.48. The fourth-order valence-electron chi connectivity index (χ4n) is 3.09. The molecule has 0 aliphatic heterocycles. The van der Waals surface area contributed by atoms with Crippen molar-refractivity contribution in [3.63, 3.8) is 0 Å². The van der Waals surface area contributed by atoms with Gasteiger partial charge in [0.1, 0.15) is 5.76 Å². The maximum Gasteiger partial charge on any atom is 0.224 e. The second kappa shape index (κ2) is 5.87. The molecule has 4 N–H and O–H groups in total. The minimum absolute atomic E-state index is 0.187. The van der Waals surface area contributed by atoms with Crippen molar-refractivity contribution >= 4 is 17.3 Å². The highest BCUT2D eigenvalue weighted by Gasteiger charge is 2.19. The molecule has 0 unspecified atom stereocenters. The zero-order valence-electron chi connectivity index (χ0n) is 14.9. The average molecular weight is 348 g/mol. The van der Waals surface area contributed by atoms with Crippen LogP contribution in [0.25, 0.3) is 17.2 Å². The molecule has 0 radical (unpaired) electrons. The molecule has 4 rings (SSSR count). The lowest BCUT2D eigenvalue weighted by atomic mass is 10.00. The standard InChI is InChI=1S/C19H20N6O/c1-10-4-6-14(20)8-13(10)9-15-12(3)24-25-17(15)22-19(21)23-18(25)16-7-5-11(2)26-16/h4-8H,9,20H2,1-3H3,(H2,21,22). The van der Waals surface area contributed by atoms with Gasteiger partial charge in [-0.25, -0.2) is 0 Å². The third-order valence-electron chi connectivity index (χ3n) is 4.50. The zero-order valence-corrected chi connectivity index (χ0v) is 14.9. The van der Waals surface area contributed by atoms with E-state index >= 15 is 0 Å². The normalized spacial score (nSPS) is 11.3. The van der Waals surface area contributed by atoms with E-state index in [1.807, 2.05) is 44.2 Å². The predicted molar refractivity (Wildman–Crippen MR) is 101 cm³/mol. The number of benzene rings is 1. The molecule has 132 valence electrons. The Morgan fingerprint density at radius 1 is 1.04 bits per heavy atom. The van der Waals surface area contributed by atoms with E-state index in [0.717, 1.165) is 28.3 Å². The lowest BCUT2D eigenvalue weighted by Gasteiger charge is -2.07. The summed E-state index contributed by atoms with van der Waals surface area (Å²) in [5, 5.41) is 4.63. The van der Waals surface area contributed by atoms with Crippen LogP contribution in [0.5, 0.6) is 0 Å². The summed E-state index contributed by atoms with van der Waals surface area (Å²) in [6.07, 6.45) is 0.666. The van der Waals surface area contributed by atoms with Gasteiger partial charge in [-0.15, -0.1) is 0 Å². The van der Waals surface area contributed by atoms with Crippen molar-refractivity contribution in [1.29, 1.82) is 0 Å². The van der Waals surface area contributed by atoms with E-state index < -0.39 is 0 Å². The molecule has 0 spiro atoms. The summed E-state index contributed by atoms with van der Waals surface area (Å²) in [4.78, 5) is 8.76. The Morgan fingerprint density at radius 2 is 1.85 bits per heavy atom. The van der Waals surface area contributed by atoms with E-state index in [9.17, 15) is 0 Å². The number of nitrogens with zero attached hydrogens (tertiary/aromatic N) is 4. The van der Waals surface area contributed by atoms with Gasteiger partial charge in [0.15, 0.2) is 11.4 Å². The summed E-state index contributed by atoms with van der Waals surface area (Å²) in [5.74, 6) is 2.13. The Balaban J connectivity index is 1.90. The molecule has 0 fully saturated rings. The Hall–Kier alpha value is -3.35. The Labute approximate surface area is 150 Å². The number of nitrogens with two attached hydrogens (primary N) is 2. The van der Waals surface area contributed by atoms with Gasteiger partial charge < -0.3 is 15.9 Å². The molecule has 4 aromatic rings. The van der Waals surface area contributed by atoms with Crippen molar-refractivity contribution in [2.75, 3.05) is 11.5 Å². The van der Waals surface area contributed by atoms with Gasteiger partial charge >= 0.3 is 0 Å². The first-order valence-corrected chi connectivity index (χ1v) is 8.36. The molecule has 7 heteroatoms. The first-order valence-electron chi connectivity index (χ1n) is 8.36. The van der Waals surface area contributed by atoms with Gasteiger partial charge in [-0.2, -0.15) is 19.6 Å². The molecular formula is C19H20N6O. The summed E-state index contributed by atoms with van der Waals surface area (Å²) in [7, 11) is 0. The Bertz CT molecular complexity index is 1120. The summed E-state index contributed by atoms with van der Waals surface area (Å²) in [5.41, 5.74) is 17.5. The Kier molecular flexibility index (Phi) is 3.64. The number of furan rings is 1. The van der Waals surface area contributed by atoms with Crippen LogP contribution in [0.1, 0.15) is 28.1 Å². The molecule has 0 saturated heterocycles. The molecule has 0 atom stereocenters. The summed E-state index contributed by atoms with van der Waals surface area (Å²) in [6, 6.07) is 9.65. The van der Waals surface area contributed by atoms with Crippen LogP contribution in [0.15, 0.2) is 34.7 Å². The fraction of sp³-hybridized carbons (Fsp3) is 0.211. The number of hydrogen-bond donors (Lipinski definition) is 2. The van der Waals surface area contributed by atoms with Crippen LogP contribution >= 0.6 is 0 Å². The molecule has 1 aromatic carbocycles. The molecular weight excluding hydrogens is 328 g/mol. The maximum atomic E-state index is 5.97. The molecule has 0 bridgehead atoms. The molecule has 0 saturated carbocycles. The van der Waals surface area contributed by atoms with Crippen LogP contribution in [-0.2, 0) is 6.42 Å². The number of rotatable bonds is 3. The van der Waals surface area contributed by atoms with Gasteiger partial charge in [-0.05, 0) is 56.2 Å². The molecule has 0 aliphatic carbocycles. The van der Waals surface area contributed by atoms with Crippen molar-refractivity contribution < 1.29 is 4.42 Å². The predicted octanol–water partition coefficient (Wildman–Crippen LogP) is 3.06. The third-order valence-corrected chi connectivity index (χ3v) is 4.50. The average Bonchev–Trinajstić information content (AvgIpc) is 3.15. The fourth-order valence-corrected chi connectivity index (χ4v) is 3.09. The molecule has 0 aliphatic rings. The van der Waals surface area contributed by atoms with Crippen LogP contribution in [0, 0.1) is 20.8 Å². The quantitative estimate of drug-likeness (QED) is 0.551. The van der Waals surface area contributed by atoms with Crippen molar-refractivity contribution in [2.24, 2.45) is 0 Å². The number of anilines is 2. The molecule has 7 nitrogen and oxygen atoms in total. The first kappa shape index (κ1) is 16.1. The topological polar surface area (TPSA) is 108 Å².